The molecule has 0 unspecified atom stereocenters. The lowest BCUT2D eigenvalue weighted by Crippen LogP contribution is -2.07. The number of esters is 1. The molecule has 0 aliphatic carbocycles. The fourth-order valence-electron chi connectivity index (χ4n) is 2.19. The molecule has 0 saturated heterocycles. The van der Waals surface area contributed by atoms with Crippen LogP contribution >= 0.6 is 7.82 Å². The summed E-state index contributed by atoms with van der Waals surface area (Å²) in [7, 11) is -3.78. The van der Waals surface area contributed by atoms with Gasteiger partial charge in [-0.3, -0.25) is 18.4 Å². The van der Waals surface area contributed by atoms with Gasteiger partial charge >= 0.3 is 13.8 Å². The second-order valence-electron chi connectivity index (χ2n) is 5.71. The molecule has 0 N–H and O–H groups in total. The number of hydrogen-bond acceptors (Lipinski definition) is 6. The Hall–Kier alpha value is -1.98. The summed E-state index contributed by atoms with van der Waals surface area (Å²) in [6.45, 7) is 2.35. The van der Waals surface area contributed by atoms with E-state index >= 15 is 0 Å². The van der Waals surface area contributed by atoms with E-state index in [1.807, 2.05) is 60.7 Å². The van der Waals surface area contributed by atoms with E-state index in [1.165, 1.54) is 0 Å². The zero-order chi connectivity index (χ0) is 19.4. The summed E-state index contributed by atoms with van der Waals surface area (Å²) in [5, 5.41) is 0. The van der Waals surface area contributed by atoms with E-state index < -0.39 is 7.82 Å². The molecule has 146 valence electrons. The van der Waals surface area contributed by atoms with Crippen LogP contribution in [0.3, 0.4) is 0 Å². The summed E-state index contributed by atoms with van der Waals surface area (Å²) >= 11 is 0. The Kier molecular flexibility index (Phi) is 9.22. The van der Waals surface area contributed by atoms with E-state index in [9.17, 15) is 9.36 Å². The second kappa shape index (κ2) is 11.7. The monoisotopic (exact) mass is 392 g/mol. The Morgan fingerprint density at radius 1 is 0.852 bits per heavy atom. The molecule has 0 fully saturated rings. The molecule has 0 aliphatic heterocycles. The summed E-state index contributed by atoms with van der Waals surface area (Å²) in [5.74, 6) is -0.314. The minimum Gasteiger partial charge on any atom is -0.466 e. The highest BCUT2D eigenvalue weighted by Crippen LogP contribution is 2.51. The quantitative estimate of drug-likeness (QED) is 0.291. The van der Waals surface area contributed by atoms with Gasteiger partial charge in [-0.1, -0.05) is 60.7 Å². The van der Waals surface area contributed by atoms with Crippen molar-refractivity contribution >= 4 is 13.8 Å². The Labute approximate surface area is 160 Å². The highest BCUT2D eigenvalue weighted by atomic mass is 31.2. The standard InChI is InChI=1S/C20H25O6P/c1-2-23-20(21)14-9-15-24-27(22,25-16-18-10-5-3-6-11-18)26-17-19-12-7-4-8-13-19/h3-8,10-13H,2,9,14-17H2,1H3. The first kappa shape index (κ1) is 21.3. The minimum atomic E-state index is -3.78. The van der Waals surface area contributed by atoms with Gasteiger partial charge in [-0.05, 0) is 24.5 Å². The van der Waals surface area contributed by atoms with E-state index in [1.54, 1.807) is 6.92 Å². The number of phosphoric ester groups is 1. The molecule has 0 aliphatic rings. The second-order valence-corrected chi connectivity index (χ2v) is 7.38. The number of hydrogen-bond donors (Lipinski definition) is 0. The highest BCUT2D eigenvalue weighted by Gasteiger charge is 2.27. The largest absolute Gasteiger partial charge is 0.475 e. The van der Waals surface area contributed by atoms with Crippen LogP contribution in [0.5, 0.6) is 0 Å². The van der Waals surface area contributed by atoms with Crippen LogP contribution in [0.4, 0.5) is 0 Å². The van der Waals surface area contributed by atoms with Crippen LogP contribution in [0, 0.1) is 0 Å². The molecule has 2 aromatic carbocycles. The molecule has 0 amide bonds. The van der Waals surface area contributed by atoms with Gasteiger partial charge in [-0.2, -0.15) is 0 Å². The van der Waals surface area contributed by atoms with Crippen LogP contribution in [0.2, 0.25) is 0 Å². The van der Waals surface area contributed by atoms with Gasteiger partial charge in [-0.25, -0.2) is 4.57 Å². The lowest BCUT2D eigenvalue weighted by atomic mass is 10.2. The van der Waals surface area contributed by atoms with Gasteiger partial charge in [0.05, 0.1) is 26.4 Å². The molecule has 7 heteroatoms. The molecule has 2 aromatic rings. The third kappa shape index (κ3) is 8.50. The van der Waals surface area contributed by atoms with E-state index in [0.717, 1.165) is 11.1 Å². The highest BCUT2D eigenvalue weighted by molar-refractivity contribution is 7.48. The Morgan fingerprint density at radius 2 is 1.37 bits per heavy atom. The zero-order valence-corrected chi connectivity index (χ0v) is 16.3. The van der Waals surface area contributed by atoms with Gasteiger partial charge in [0.2, 0.25) is 0 Å². The van der Waals surface area contributed by atoms with Crippen molar-refractivity contribution in [3.63, 3.8) is 0 Å². The molecular formula is C20H25O6P. The van der Waals surface area contributed by atoms with Crippen molar-refractivity contribution in [2.75, 3.05) is 13.2 Å². The maximum absolute atomic E-state index is 12.9. The first-order valence-electron chi connectivity index (χ1n) is 8.88. The van der Waals surface area contributed by atoms with Crippen LogP contribution in [0.1, 0.15) is 30.9 Å². The van der Waals surface area contributed by atoms with E-state index in [4.69, 9.17) is 18.3 Å². The normalized spacial score (nSPS) is 11.3. The zero-order valence-electron chi connectivity index (χ0n) is 15.4. The molecule has 0 heterocycles. The predicted molar refractivity (Wildman–Crippen MR) is 102 cm³/mol. The summed E-state index contributed by atoms with van der Waals surface area (Å²) in [6, 6.07) is 18.7. The van der Waals surface area contributed by atoms with Gasteiger partial charge < -0.3 is 4.74 Å². The Bertz CT molecular complexity index is 672. The number of ether oxygens (including phenoxy) is 1. The summed E-state index contributed by atoms with van der Waals surface area (Å²) < 4.78 is 34.2. The molecule has 0 atom stereocenters. The van der Waals surface area contributed by atoms with Crippen molar-refractivity contribution in [3.05, 3.63) is 71.8 Å². The molecule has 27 heavy (non-hydrogen) atoms. The molecule has 2 rings (SSSR count). The Morgan fingerprint density at radius 3 is 1.85 bits per heavy atom. The smallest absolute Gasteiger partial charge is 0.466 e. The van der Waals surface area contributed by atoms with E-state index in [-0.39, 0.29) is 32.2 Å². The summed E-state index contributed by atoms with van der Waals surface area (Å²) in [6.07, 6.45) is 0.553. The number of rotatable bonds is 12. The molecular weight excluding hydrogens is 367 g/mol. The predicted octanol–water partition coefficient (Wildman–Crippen LogP) is 4.89. The van der Waals surface area contributed by atoms with Crippen molar-refractivity contribution in [1.29, 1.82) is 0 Å². The van der Waals surface area contributed by atoms with E-state index in [2.05, 4.69) is 0 Å². The fraction of sp³-hybridized carbons (Fsp3) is 0.350. The van der Waals surface area contributed by atoms with Crippen LogP contribution in [0.25, 0.3) is 0 Å². The first-order chi connectivity index (χ1) is 13.1. The van der Waals surface area contributed by atoms with Gasteiger partial charge in [0.25, 0.3) is 0 Å². The number of carbonyl (C=O) groups excluding carboxylic acids is 1. The van der Waals surface area contributed by atoms with Gasteiger partial charge in [-0.15, -0.1) is 0 Å². The molecule has 6 nitrogen and oxygen atoms in total. The lowest BCUT2D eigenvalue weighted by molar-refractivity contribution is -0.143. The van der Waals surface area contributed by atoms with E-state index in [0.29, 0.717) is 13.0 Å². The molecule has 0 bridgehead atoms. The van der Waals surface area contributed by atoms with Crippen molar-refractivity contribution < 1.29 is 27.7 Å². The fourth-order valence-corrected chi connectivity index (χ4v) is 3.38. The number of phosphoric acid groups is 1. The third-order valence-electron chi connectivity index (χ3n) is 3.54. The van der Waals surface area contributed by atoms with Crippen LogP contribution in [0.15, 0.2) is 60.7 Å². The average molecular weight is 392 g/mol. The van der Waals surface area contributed by atoms with Crippen LogP contribution in [-0.2, 0) is 40.9 Å². The lowest BCUT2D eigenvalue weighted by Gasteiger charge is -2.18. The minimum absolute atomic E-state index is 0.0691. The molecule has 0 radical (unpaired) electrons. The SMILES string of the molecule is CCOC(=O)CCCOP(=O)(OCc1ccccc1)OCc1ccccc1. The van der Waals surface area contributed by atoms with Gasteiger partial charge in [0, 0.05) is 6.42 Å². The first-order valence-corrected chi connectivity index (χ1v) is 10.3. The Balaban J connectivity index is 1.89. The van der Waals surface area contributed by atoms with Gasteiger partial charge in [0.15, 0.2) is 0 Å². The van der Waals surface area contributed by atoms with Crippen LogP contribution in [-0.4, -0.2) is 19.2 Å². The van der Waals surface area contributed by atoms with Crippen molar-refractivity contribution in [2.45, 2.75) is 33.0 Å². The number of benzene rings is 2. The summed E-state index contributed by atoms with van der Waals surface area (Å²) in [5.41, 5.74) is 1.72. The maximum Gasteiger partial charge on any atom is 0.475 e. The topological polar surface area (TPSA) is 71.1 Å². The van der Waals surface area contributed by atoms with Gasteiger partial charge in [0.1, 0.15) is 0 Å². The average Bonchev–Trinajstić information content (AvgIpc) is 2.70. The maximum atomic E-state index is 12.9. The number of carbonyl (C=O) groups is 1. The van der Waals surface area contributed by atoms with Crippen molar-refractivity contribution in [3.8, 4) is 0 Å². The summed E-state index contributed by atoms with van der Waals surface area (Å²) in [4.78, 5) is 11.4. The molecule has 0 spiro atoms. The van der Waals surface area contributed by atoms with Crippen LogP contribution < -0.4 is 0 Å². The van der Waals surface area contributed by atoms with Crippen molar-refractivity contribution in [2.24, 2.45) is 0 Å². The molecule has 0 saturated carbocycles. The van der Waals surface area contributed by atoms with Crippen molar-refractivity contribution in [1.82, 2.24) is 0 Å². The molecule has 0 aromatic heterocycles. The third-order valence-corrected chi connectivity index (χ3v) is 4.93.